The van der Waals surface area contributed by atoms with Crippen molar-refractivity contribution in [2.45, 2.75) is 27.7 Å². The van der Waals surface area contributed by atoms with Gasteiger partial charge in [0.1, 0.15) is 5.56 Å². The van der Waals surface area contributed by atoms with Crippen LogP contribution in [0.4, 0.5) is 16.2 Å². The van der Waals surface area contributed by atoms with Crippen molar-refractivity contribution in [1.29, 1.82) is 0 Å². The molecule has 29 heavy (non-hydrogen) atoms. The SMILES string of the molecule is CCOC(=O)c1c(C)nn(-c2ccc(NC(=O)Nc3ccc(C)cc3)cn2)c1C. The van der Waals surface area contributed by atoms with Crippen molar-refractivity contribution in [3.63, 3.8) is 0 Å². The Morgan fingerprint density at radius 2 is 1.66 bits per heavy atom. The van der Waals surface area contributed by atoms with Crippen LogP contribution in [0.5, 0.6) is 0 Å². The number of nitrogens with one attached hydrogen (secondary N) is 2. The molecule has 0 saturated carbocycles. The zero-order valence-electron chi connectivity index (χ0n) is 16.8. The van der Waals surface area contributed by atoms with Gasteiger partial charge in [-0.05, 0) is 52.0 Å². The number of hydrogen-bond acceptors (Lipinski definition) is 5. The smallest absolute Gasteiger partial charge is 0.341 e. The van der Waals surface area contributed by atoms with E-state index in [1.807, 2.05) is 31.2 Å². The van der Waals surface area contributed by atoms with Gasteiger partial charge < -0.3 is 15.4 Å². The number of rotatable bonds is 5. The molecule has 0 bridgehead atoms. The summed E-state index contributed by atoms with van der Waals surface area (Å²) in [5.41, 5.74) is 4.00. The molecule has 2 aromatic heterocycles. The van der Waals surface area contributed by atoms with Gasteiger partial charge in [-0.25, -0.2) is 19.3 Å². The Balaban J connectivity index is 1.72. The van der Waals surface area contributed by atoms with Gasteiger partial charge in [0.2, 0.25) is 0 Å². The number of aryl methyl sites for hydroxylation is 2. The molecule has 0 aliphatic carbocycles. The third kappa shape index (κ3) is 4.60. The highest BCUT2D eigenvalue weighted by molar-refractivity contribution is 5.99. The quantitative estimate of drug-likeness (QED) is 0.638. The second-order valence-electron chi connectivity index (χ2n) is 6.53. The van der Waals surface area contributed by atoms with E-state index in [4.69, 9.17) is 4.74 Å². The van der Waals surface area contributed by atoms with Gasteiger partial charge in [-0.3, -0.25) is 0 Å². The van der Waals surface area contributed by atoms with Crippen LogP contribution >= 0.6 is 0 Å². The fraction of sp³-hybridized carbons (Fsp3) is 0.238. The predicted molar refractivity (Wildman–Crippen MR) is 111 cm³/mol. The van der Waals surface area contributed by atoms with Crippen LogP contribution in [0.1, 0.15) is 34.2 Å². The fourth-order valence-electron chi connectivity index (χ4n) is 2.88. The predicted octanol–water partition coefficient (Wildman–Crippen LogP) is 4.01. The summed E-state index contributed by atoms with van der Waals surface area (Å²) in [6.45, 7) is 7.58. The minimum Gasteiger partial charge on any atom is -0.462 e. The van der Waals surface area contributed by atoms with E-state index >= 15 is 0 Å². The Kier molecular flexibility index (Phi) is 5.92. The molecule has 0 atom stereocenters. The average molecular weight is 393 g/mol. The minimum atomic E-state index is -0.403. The summed E-state index contributed by atoms with van der Waals surface area (Å²) in [5, 5.41) is 9.89. The maximum absolute atomic E-state index is 12.1. The summed E-state index contributed by atoms with van der Waals surface area (Å²) in [5.74, 6) is 0.130. The lowest BCUT2D eigenvalue weighted by molar-refractivity contribution is 0.0524. The van der Waals surface area contributed by atoms with E-state index in [1.54, 1.807) is 37.6 Å². The van der Waals surface area contributed by atoms with Gasteiger partial charge >= 0.3 is 12.0 Å². The first-order valence-corrected chi connectivity index (χ1v) is 9.23. The maximum atomic E-state index is 12.1. The Bertz CT molecular complexity index is 1020. The number of esters is 1. The van der Waals surface area contributed by atoms with E-state index in [1.165, 1.54) is 6.20 Å². The van der Waals surface area contributed by atoms with Crippen molar-refractivity contribution < 1.29 is 14.3 Å². The number of anilines is 2. The van der Waals surface area contributed by atoms with Crippen molar-refractivity contribution >= 4 is 23.4 Å². The van der Waals surface area contributed by atoms with Gasteiger partial charge in [0.05, 0.1) is 29.9 Å². The lowest BCUT2D eigenvalue weighted by Crippen LogP contribution is -2.19. The Morgan fingerprint density at radius 3 is 2.28 bits per heavy atom. The van der Waals surface area contributed by atoms with Crippen LogP contribution in [-0.4, -0.2) is 33.4 Å². The maximum Gasteiger partial charge on any atom is 0.341 e. The number of carbonyl (C=O) groups is 2. The van der Waals surface area contributed by atoms with Crippen molar-refractivity contribution in [3.05, 3.63) is 65.1 Å². The number of hydrogen-bond donors (Lipinski definition) is 2. The number of benzene rings is 1. The van der Waals surface area contributed by atoms with E-state index in [0.717, 1.165) is 5.56 Å². The van der Waals surface area contributed by atoms with Crippen LogP contribution < -0.4 is 10.6 Å². The molecule has 8 heteroatoms. The fourth-order valence-corrected chi connectivity index (χ4v) is 2.88. The van der Waals surface area contributed by atoms with Gasteiger partial charge in [-0.1, -0.05) is 17.7 Å². The molecule has 0 unspecified atom stereocenters. The molecule has 2 N–H and O–H groups in total. The van der Waals surface area contributed by atoms with E-state index in [0.29, 0.717) is 40.8 Å². The van der Waals surface area contributed by atoms with E-state index in [-0.39, 0.29) is 6.03 Å². The summed E-state index contributed by atoms with van der Waals surface area (Å²) in [6.07, 6.45) is 1.53. The normalized spacial score (nSPS) is 10.5. The van der Waals surface area contributed by atoms with Gasteiger partial charge in [0.25, 0.3) is 0 Å². The molecule has 0 spiro atoms. The van der Waals surface area contributed by atoms with Crippen LogP contribution in [-0.2, 0) is 4.74 Å². The number of carbonyl (C=O) groups excluding carboxylic acids is 2. The van der Waals surface area contributed by atoms with Gasteiger partial charge in [-0.15, -0.1) is 0 Å². The molecule has 0 aliphatic heterocycles. The highest BCUT2D eigenvalue weighted by Gasteiger charge is 2.20. The first kappa shape index (κ1) is 20.1. The van der Waals surface area contributed by atoms with Crippen molar-refractivity contribution in [2.75, 3.05) is 17.2 Å². The molecule has 0 radical (unpaired) electrons. The molecule has 3 aromatic rings. The van der Waals surface area contributed by atoms with Crippen molar-refractivity contribution in [3.8, 4) is 5.82 Å². The van der Waals surface area contributed by atoms with E-state index < -0.39 is 5.97 Å². The Hall–Kier alpha value is -3.68. The topological polar surface area (TPSA) is 98.1 Å². The molecule has 8 nitrogen and oxygen atoms in total. The molecule has 3 rings (SSSR count). The van der Waals surface area contributed by atoms with Gasteiger partial charge in [0, 0.05) is 5.69 Å². The number of ether oxygens (including phenoxy) is 1. The van der Waals surface area contributed by atoms with Crippen LogP contribution in [0, 0.1) is 20.8 Å². The molecular formula is C21H23N5O3. The molecular weight excluding hydrogens is 370 g/mol. The number of amides is 2. The van der Waals surface area contributed by atoms with Crippen LogP contribution in [0.25, 0.3) is 5.82 Å². The third-order valence-electron chi connectivity index (χ3n) is 4.30. The van der Waals surface area contributed by atoms with Crippen LogP contribution in [0.2, 0.25) is 0 Å². The Labute approximate surface area is 168 Å². The first-order valence-electron chi connectivity index (χ1n) is 9.23. The molecule has 2 heterocycles. The highest BCUT2D eigenvalue weighted by Crippen LogP contribution is 2.19. The largest absolute Gasteiger partial charge is 0.462 e. The zero-order chi connectivity index (χ0) is 21.0. The molecule has 0 fully saturated rings. The summed E-state index contributed by atoms with van der Waals surface area (Å²) >= 11 is 0. The van der Waals surface area contributed by atoms with Crippen molar-refractivity contribution in [1.82, 2.24) is 14.8 Å². The number of pyridine rings is 1. The molecule has 150 valence electrons. The average Bonchev–Trinajstić information content (AvgIpc) is 2.98. The minimum absolute atomic E-state index is 0.298. The molecule has 0 saturated heterocycles. The number of urea groups is 1. The van der Waals surface area contributed by atoms with E-state index in [9.17, 15) is 9.59 Å². The second kappa shape index (κ2) is 8.55. The lowest BCUT2D eigenvalue weighted by atomic mass is 10.2. The van der Waals surface area contributed by atoms with Crippen LogP contribution in [0.15, 0.2) is 42.6 Å². The first-order chi connectivity index (χ1) is 13.9. The summed E-state index contributed by atoms with van der Waals surface area (Å²) in [7, 11) is 0. The standard InChI is InChI=1S/C21H23N5O3/c1-5-29-20(27)19-14(3)25-26(15(19)4)18-11-10-17(12-22-18)24-21(28)23-16-8-6-13(2)7-9-16/h6-12H,5H2,1-4H3,(H2,23,24,28). The van der Waals surface area contributed by atoms with Crippen molar-refractivity contribution in [2.24, 2.45) is 0 Å². The summed E-state index contributed by atoms with van der Waals surface area (Å²) < 4.78 is 6.67. The van der Waals surface area contributed by atoms with E-state index in [2.05, 4.69) is 20.7 Å². The summed E-state index contributed by atoms with van der Waals surface area (Å²) in [4.78, 5) is 28.6. The van der Waals surface area contributed by atoms with Crippen LogP contribution in [0.3, 0.4) is 0 Å². The molecule has 0 aliphatic rings. The number of aromatic nitrogens is 3. The van der Waals surface area contributed by atoms with Gasteiger partial charge in [0.15, 0.2) is 5.82 Å². The highest BCUT2D eigenvalue weighted by atomic mass is 16.5. The lowest BCUT2D eigenvalue weighted by Gasteiger charge is -2.09. The molecule has 2 amide bonds. The second-order valence-corrected chi connectivity index (χ2v) is 6.53. The van der Waals surface area contributed by atoms with Gasteiger partial charge in [-0.2, -0.15) is 5.10 Å². The monoisotopic (exact) mass is 393 g/mol. The number of nitrogens with zero attached hydrogens (tertiary/aromatic N) is 3. The summed E-state index contributed by atoms with van der Waals surface area (Å²) in [6, 6.07) is 10.6. The Morgan fingerprint density at radius 1 is 1.00 bits per heavy atom. The molecule has 1 aromatic carbocycles. The third-order valence-corrected chi connectivity index (χ3v) is 4.30. The zero-order valence-corrected chi connectivity index (χ0v) is 16.8.